The Kier molecular flexibility index (Phi) is 5.85. The summed E-state index contributed by atoms with van der Waals surface area (Å²) in [5.41, 5.74) is 1.37. The third kappa shape index (κ3) is 5.00. The molecule has 0 spiro atoms. The van der Waals surface area contributed by atoms with Gasteiger partial charge in [0, 0.05) is 0 Å². The number of rotatable bonds is 7. The molecule has 0 unspecified atom stereocenters. The van der Waals surface area contributed by atoms with Crippen molar-refractivity contribution in [3.63, 3.8) is 0 Å². The third-order valence-corrected chi connectivity index (χ3v) is 4.85. The maximum atomic E-state index is 11.9. The number of esters is 1. The first kappa shape index (κ1) is 19.1. The molecule has 0 fully saturated rings. The Morgan fingerprint density at radius 3 is 2.79 bits per heavy atom. The van der Waals surface area contributed by atoms with E-state index in [1.807, 2.05) is 36.4 Å². The highest BCUT2D eigenvalue weighted by Gasteiger charge is 2.21. The maximum absolute atomic E-state index is 11.9. The van der Waals surface area contributed by atoms with Gasteiger partial charge in [-0.15, -0.1) is 0 Å². The van der Waals surface area contributed by atoms with Gasteiger partial charge in [-0.1, -0.05) is 36.0 Å². The minimum Gasteiger partial charge on any atom is -0.486 e. The average Bonchev–Trinajstić information content (AvgIpc) is 3.17. The molecule has 29 heavy (non-hydrogen) atoms. The van der Waals surface area contributed by atoms with Crippen LogP contribution in [0.3, 0.4) is 0 Å². The molecule has 1 N–H and O–H groups in total. The molecule has 0 radical (unpaired) electrons. The number of para-hydroxylation sites is 4. The highest BCUT2D eigenvalue weighted by atomic mass is 32.2. The molecule has 0 aliphatic carbocycles. The quantitative estimate of drug-likeness (QED) is 0.465. The molecule has 0 bridgehead atoms. The van der Waals surface area contributed by atoms with Crippen molar-refractivity contribution in [3.8, 4) is 11.5 Å². The van der Waals surface area contributed by atoms with Crippen molar-refractivity contribution >= 4 is 34.7 Å². The average molecular weight is 414 g/mol. The van der Waals surface area contributed by atoms with E-state index in [1.165, 1.54) is 0 Å². The molecule has 1 amide bonds. The van der Waals surface area contributed by atoms with Crippen LogP contribution in [0.4, 0.5) is 0 Å². The molecule has 1 aliphatic rings. The van der Waals surface area contributed by atoms with Crippen LogP contribution in [0.15, 0.2) is 58.2 Å². The van der Waals surface area contributed by atoms with Gasteiger partial charge in [0.25, 0.3) is 11.1 Å². The van der Waals surface area contributed by atoms with Gasteiger partial charge in [-0.3, -0.25) is 9.59 Å². The highest BCUT2D eigenvalue weighted by molar-refractivity contribution is 7.99. The largest absolute Gasteiger partial charge is 0.486 e. The summed E-state index contributed by atoms with van der Waals surface area (Å²) in [6.45, 7) is 0.220. The van der Waals surface area contributed by atoms with Crippen LogP contribution in [0.1, 0.15) is 0 Å². The molecule has 1 aromatic heterocycles. The standard InChI is InChI=1S/C20H18N2O6S/c23-18(21-9-13-10-25-16-7-3-4-8-17(16)27-13)11-26-19(24)12-29-20-22-14-5-1-2-6-15(14)28-20/h1-8,13H,9-12H2,(H,21,23)/t13-/m0/s1. The van der Waals surface area contributed by atoms with Crippen molar-refractivity contribution in [2.45, 2.75) is 11.3 Å². The number of benzene rings is 2. The van der Waals surface area contributed by atoms with Crippen LogP contribution >= 0.6 is 11.8 Å². The number of nitrogens with one attached hydrogen (secondary N) is 1. The van der Waals surface area contributed by atoms with Crippen LogP contribution in [0, 0.1) is 0 Å². The van der Waals surface area contributed by atoms with Crippen LogP contribution in [-0.4, -0.2) is 48.5 Å². The Morgan fingerprint density at radius 2 is 1.93 bits per heavy atom. The molecule has 0 saturated carbocycles. The van der Waals surface area contributed by atoms with Gasteiger partial charge in [0.1, 0.15) is 24.0 Å². The number of amides is 1. The first-order valence-corrected chi connectivity index (χ1v) is 9.95. The van der Waals surface area contributed by atoms with Crippen LogP contribution in [0.2, 0.25) is 0 Å². The zero-order valence-corrected chi connectivity index (χ0v) is 16.1. The smallest absolute Gasteiger partial charge is 0.316 e. The van der Waals surface area contributed by atoms with Crippen LogP contribution in [0.25, 0.3) is 11.1 Å². The molecule has 0 saturated heterocycles. The summed E-state index contributed by atoms with van der Waals surface area (Å²) in [5, 5.41) is 3.05. The predicted molar refractivity (Wildman–Crippen MR) is 105 cm³/mol. The summed E-state index contributed by atoms with van der Waals surface area (Å²) in [5.74, 6) is 0.378. The number of thioether (sulfide) groups is 1. The Hall–Kier alpha value is -3.20. The van der Waals surface area contributed by atoms with Crippen LogP contribution in [-0.2, 0) is 14.3 Å². The number of nitrogens with zero attached hydrogens (tertiary/aromatic N) is 1. The zero-order chi connectivity index (χ0) is 20.1. The van der Waals surface area contributed by atoms with E-state index in [0.717, 1.165) is 17.3 Å². The number of aromatic nitrogens is 1. The maximum Gasteiger partial charge on any atom is 0.316 e. The Balaban J connectivity index is 1.15. The Morgan fingerprint density at radius 1 is 1.14 bits per heavy atom. The monoisotopic (exact) mass is 414 g/mol. The Labute approximate surface area is 170 Å². The predicted octanol–water partition coefficient (Wildman–Crippen LogP) is 2.42. The van der Waals surface area contributed by atoms with E-state index >= 15 is 0 Å². The molecule has 2 heterocycles. The lowest BCUT2D eigenvalue weighted by Gasteiger charge is -2.26. The Bertz CT molecular complexity index is 988. The van der Waals surface area contributed by atoms with Gasteiger partial charge in [0.15, 0.2) is 23.7 Å². The van der Waals surface area contributed by atoms with E-state index in [9.17, 15) is 9.59 Å². The molecule has 4 rings (SSSR count). The summed E-state index contributed by atoms with van der Waals surface area (Å²) in [6.07, 6.45) is -0.306. The van der Waals surface area contributed by atoms with Crippen LogP contribution in [0.5, 0.6) is 11.5 Å². The third-order valence-electron chi connectivity index (χ3n) is 4.05. The number of hydrogen-bond donors (Lipinski definition) is 1. The van der Waals surface area contributed by atoms with Gasteiger partial charge in [-0.25, -0.2) is 4.98 Å². The van der Waals surface area contributed by atoms with E-state index in [1.54, 1.807) is 12.1 Å². The number of oxazole rings is 1. The fraction of sp³-hybridized carbons (Fsp3) is 0.250. The molecule has 1 aliphatic heterocycles. The molecule has 9 heteroatoms. The van der Waals surface area contributed by atoms with Crippen molar-refractivity contribution < 1.29 is 28.2 Å². The number of carbonyl (C=O) groups excluding carboxylic acids is 2. The van der Waals surface area contributed by atoms with E-state index in [2.05, 4.69) is 10.3 Å². The summed E-state index contributed by atoms with van der Waals surface area (Å²) < 4.78 is 21.8. The summed E-state index contributed by atoms with van der Waals surface area (Å²) in [6, 6.07) is 14.7. The van der Waals surface area contributed by atoms with Gasteiger partial charge in [0.2, 0.25) is 0 Å². The fourth-order valence-corrected chi connectivity index (χ4v) is 3.30. The van der Waals surface area contributed by atoms with Gasteiger partial charge >= 0.3 is 5.97 Å². The van der Waals surface area contributed by atoms with Crippen molar-refractivity contribution in [2.75, 3.05) is 25.5 Å². The lowest BCUT2D eigenvalue weighted by atomic mass is 10.2. The van der Waals surface area contributed by atoms with Crippen LogP contribution < -0.4 is 14.8 Å². The van der Waals surface area contributed by atoms with E-state index in [0.29, 0.717) is 28.9 Å². The van der Waals surface area contributed by atoms with Crippen molar-refractivity contribution in [1.82, 2.24) is 10.3 Å². The summed E-state index contributed by atoms with van der Waals surface area (Å²) >= 11 is 1.11. The normalized spacial score (nSPS) is 15.1. The van der Waals surface area contributed by atoms with E-state index in [-0.39, 0.29) is 25.0 Å². The molecular formula is C20H18N2O6S. The summed E-state index contributed by atoms with van der Waals surface area (Å²) in [4.78, 5) is 28.0. The number of fused-ring (bicyclic) bond motifs is 2. The van der Waals surface area contributed by atoms with Crippen molar-refractivity contribution in [3.05, 3.63) is 48.5 Å². The lowest BCUT2D eigenvalue weighted by molar-refractivity contribution is -0.146. The van der Waals surface area contributed by atoms with Gasteiger partial charge in [-0.2, -0.15) is 0 Å². The van der Waals surface area contributed by atoms with Crippen molar-refractivity contribution in [1.29, 1.82) is 0 Å². The SMILES string of the molecule is O=C(COC(=O)CSc1nc2ccccc2o1)NC[C@H]1COc2ccccc2O1. The zero-order valence-electron chi connectivity index (χ0n) is 15.3. The number of ether oxygens (including phenoxy) is 3. The first-order chi connectivity index (χ1) is 14.2. The minimum absolute atomic E-state index is 0.00351. The van der Waals surface area contributed by atoms with Gasteiger partial charge in [-0.05, 0) is 24.3 Å². The molecule has 150 valence electrons. The fourth-order valence-electron chi connectivity index (χ4n) is 2.66. The second kappa shape index (κ2) is 8.87. The lowest BCUT2D eigenvalue weighted by Crippen LogP contribution is -2.42. The number of carbonyl (C=O) groups is 2. The second-order valence-electron chi connectivity index (χ2n) is 6.20. The molecule has 2 aromatic carbocycles. The first-order valence-electron chi connectivity index (χ1n) is 8.96. The molecule has 1 atom stereocenters. The highest BCUT2D eigenvalue weighted by Crippen LogP contribution is 2.30. The minimum atomic E-state index is -0.529. The second-order valence-corrected chi connectivity index (χ2v) is 7.13. The van der Waals surface area contributed by atoms with Gasteiger partial charge in [0.05, 0.1) is 6.54 Å². The summed E-state index contributed by atoms with van der Waals surface area (Å²) in [7, 11) is 0. The van der Waals surface area contributed by atoms with Crippen molar-refractivity contribution in [2.24, 2.45) is 0 Å². The van der Waals surface area contributed by atoms with Gasteiger partial charge < -0.3 is 23.9 Å². The molecular weight excluding hydrogens is 396 g/mol. The van der Waals surface area contributed by atoms with E-state index < -0.39 is 11.9 Å². The van der Waals surface area contributed by atoms with E-state index in [4.69, 9.17) is 18.6 Å². The molecule has 8 nitrogen and oxygen atoms in total. The topological polar surface area (TPSA) is 99.9 Å². The molecule has 3 aromatic rings. The number of hydrogen-bond acceptors (Lipinski definition) is 8.